The van der Waals surface area contributed by atoms with Crippen LogP contribution in [0.3, 0.4) is 0 Å². The van der Waals surface area contributed by atoms with Crippen molar-refractivity contribution in [2.45, 2.75) is 43.9 Å². The molecule has 2 rings (SSSR count). The Hall–Kier alpha value is -0.160. The van der Waals surface area contributed by atoms with E-state index in [1.807, 2.05) is 0 Å². The van der Waals surface area contributed by atoms with Crippen LogP contribution in [0.1, 0.15) is 25.7 Å². The Morgan fingerprint density at radius 3 is 2.88 bits per heavy atom. The summed E-state index contributed by atoms with van der Waals surface area (Å²) in [6.07, 6.45) is 5.77. The molecule has 17 heavy (non-hydrogen) atoms. The first-order chi connectivity index (χ1) is 8.28. The number of nitrogens with zero attached hydrogens (tertiary/aromatic N) is 1. The van der Waals surface area contributed by atoms with E-state index in [1.54, 1.807) is 7.11 Å². The lowest BCUT2D eigenvalue weighted by molar-refractivity contribution is -0.00253. The highest BCUT2D eigenvalue weighted by Crippen LogP contribution is 2.15. The number of hydrogen-bond donors (Lipinski definition) is 1. The van der Waals surface area contributed by atoms with Crippen molar-refractivity contribution < 1.29 is 9.47 Å². The van der Waals surface area contributed by atoms with E-state index in [1.165, 1.54) is 19.3 Å². The minimum absolute atomic E-state index is 0.402. The maximum absolute atomic E-state index is 5.77. The molecule has 0 radical (unpaired) electrons. The summed E-state index contributed by atoms with van der Waals surface area (Å²) in [7, 11) is 3.99. The van der Waals surface area contributed by atoms with E-state index in [-0.39, 0.29) is 0 Å². The summed E-state index contributed by atoms with van der Waals surface area (Å²) < 4.78 is 11.1. The lowest BCUT2D eigenvalue weighted by Crippen LogP contribution is -2.40. The highest BCUT2D eigenvalue weighted by Gasteiger charge is 2.25. The Morgan fingerprint density at radius 1 is 1.35 bits per heavy atom. The van der Waals surface area contributed by atoms with Crippen LogP contribution < -0.4 is 5.32 Å². The summed E-state index contributed by atoms with van der Waals surface area (Å²) >= 11 is 0. The Morgan fingerprint density at radius 2 is 2.24 bits per heavy atom. The van der Waals surface area contributed by atoms with Gasteiger partial charge in [-0.3, -0.25) is 0 Å². The maximum Gasteiger partial charge on any atom is 0.0711 e. The molecule has 4 nitrogen and oxygen atoms in total. The van der Waals surface area contributed by atoms with Gasteiger partial charge in [-0.15, -0.1) is 0 Å². The van der Waals surface area contributed by atoms with Gasteiger partial charge in [0.25, 0.3) is 0 Å². The van der Waals surface area contributed by atoms with Gasteiger partial charge < -0.3 is 19.7 Å². The van der Waals surface area contributed by atoms with Gasteiger partial charge in [0.1, 0.15) is 0 Å². The molecule has 3 atom stereocenters. The van der Waals surface area contributed by atoms with E-state index >= 15 is 0 Å². The zero-order valence-electron chi connectivity index (χ0n) is 11.2. The van der Waals surface area contributed by atoms with Crippen LogP contribution in [-0.2, 0) is 9.47 Å². The van der Waals surface area contributed by atoms with Gasteiger partial charge in [0.2, 0.25) is 0 Å². The van der Waals surface area contributed by atoms with Gasteiger partial charge >= 0.3 is 0 Å². The fourth-order valence-electron chi connectivity index (χ4n) is 2.85. The number of methoxy groups -OCH3 is 1. The molecule has 2 fully saturated rings. The van der Waals surface area contributed by atoms with E-state index in [0.717, 1.165) is 32.7 Å². The summed E-state index contributed by atoms with van der Waals surface area (Å²) in [6.45, 7) is 4.11. The molecule has 4 heteroatoms. The van der Waals surface area contributed by atoms with Crippen LogP contribution in [0.25, 0.3) is 0 Å². The highest BCUT2D eigenvalue weighted by atomic mass is 16.5. The van der Waals surface area contributed by atoms with Crippen molar-refractivity contribution in [3.8, 4) is 0 Å². The molecule has 0 aromatic carbocycles. The molecule has 2 aliphatic rings. The molecule has 0 aromatic rings. The van der Waals surface area contributed by atoms with Gasteiger partial charge in [-0.1, -0.05) is 0 Å². The summed E-state index contributed by atoms with van der Waals surface area (Å²) in [4.78, 5) is 2.39. The van der Waals surface area contributed by atoms with Crippen molar-refractivity contribution in [3.63, 3.8) is 0 Å². The quantitative estimate of drug-likeness (QED) is 0.775. The molecule has 0 spiro atoms. The lowest BCUT2D eigenvalue weighted by Gasteiger charge is -2.28. The van der Waals surface area contributed by atoms with Gasteiger partial charge in [-0.05, 0) is 32.7 Å². The smallest absolute Gasteiger partial charge is 0.0711 e. The molecule has 1 N–H and O–H groups in total. The summed E-state index contributed by atoms with van der Waals surface area (Å²) in [5, 5.41) is 3.52. The molecule has 0 aromatic heterocycles. The molecular formula is C13H26N2O2. The number of rotatable bonds is 5. The Bertz CT molecular complexity index is 219. The highest BCUT2D eigenvalue weighted by molar-refractivity contribution is 4.84. The second-order valence-electron chi connectivity index (χ2n) is 5.41. The third-order valence-corrected chi connectivity index (χ3v) is 3.84. The first-order valence-electron chi connectivity index (χ1n) is 6.84. The van der Waals surface area contributed by atoms with E-state index in [9.17, 15) is 0 Å². The monoisotopic (exact) mass is 242 g/mol. The summed E-state index contributed by atoms with van der Waals surface area (Å²) in [5.41, 5.74) is 0. The van der Waals surface area contributed by atoms with Gasteiger partial charge in [0.15, 0.2) is 0 Å². The average Bonchev–Trinajstić information content (AvgIpc) is 2.78. The molecule has 2 heterocycles. The lowest BCUT2D eigenvalue weighted by atomic mass is 10.1. The Kier molecular flexibility index (Phi) is 5.22. The van der Waals surface area contributed by atoms with Crippen LogP contribution >= 0.6 is 0 Å². The third kappa shape index (κ3) is 4.21. The molecule has 0 aliphatic carbocycles. The molecule has 2 saturated heterocycles. The van der Waals surface area contributed by atoms with E-state index in [2.05, 4.69) is 17.3 Å². The van der Waals surface area contributed by atoms with Gasteiger partial charge in [0.05, 0.1) is 12.2 Å². The minimum atomic E-state index is 0.402. The number of ether oxygens (including phenoxy) is 2. The van der Waals surface area contributed by atoms with E-state index < -0.39 is 0 Å². The molecule has 0 amide bonds. The number of likely N-dealkylation sites (N-methyl/N-ethyl adjacent to an activating group) is 1. The largest absolute Gasteiger partial charge is 0.380 e. The van der Waals surface area contributed by atoms with Crippen LogP contribution in [0.15, 0.2) is 0 Å². The molecule has 3 unspecified atom stereocenters. The first kappa shape index (κ1) is 13.3. The Labute approximate surface area is 105 Å². The van der Waals surface area contributed by atoms with Gasteiger partial charge in [-0.25, -0.2) is 0 Å². The SMILES string of the molecule is COC1CNC(CN(C)CC2CCCCO2)C1. The maximum atomic E-state index is 5.77. The fraction of sp³-hybridized carbons (Fsp3) is 1.00. The predicted molar refractivity (Wildman–Crippen MR) is 68.3 cm³/mol. The normalized spacial score (nSPS) is 34.4. The second kappa shape index (κ2) is 6.69. The Balaban J connectivity index is 1.64. The van der Waals surface area contributed by atoms with Crippen molar-refractivity contribution >= 4 is 0 Å². The zero-order chi connectivity index (χ0) is 12.1. The van der Waals surface area contributed by atoms with Gasteiger partial charge in [-0.2, -0.15) is 0 Å². The predicted octanol–water partition coefficient (Wildman–Crippen LogP) is 0.864. The molecule has 0 bridgehead atoms. The van der Waals surface area contributed by atoms with E-state index in [0.29, 0.717) is 18.2 Å². The number of nitrogens with one attached hydrogen (secondary N) is 1. The van der Waals surface area contributed by atoms with Crippen molar-refractivity contribution in [1.82, 2.24) is 10.2 Å². The third-order valence-electron chi connectivity index (χ3n) is 3.84. The van der Waals surface area contributed by atoms with Crippen LogP contribution in [0.4, 0.5) is 0 Å². The summed E-state index contributed by atoms with van der Waals surface area (Å²) in [5.74, 6) is 0. The van der Waals surface area contributed by atoms with Crippen molar-refractivity contribution in [3.05, 3.63) is 0 Å². The topological polar surface area (TPSA) is 33.7 Å². The van der Waals surface area contributed by atoms with Crippen LogP contribution in [0.5, 0.6) is 0 Å². The second-order valence-corrected chi connectivity index (χ2v) is 5.41. The van der Waals surface area contributed by atoms with Crippen LogP contribution in [0, 0.1) is 0 Å². The van der Waals surface area contributed by atoms with Crippen molar-refractivity contribution in [2.75, 3.05) is 40.4 Å². The molecule has 2 aliphatic heterocycles. The molecule has 100 valence electrons. The number of hydrogen-bond acceptors (Lipinski definition) is 4. The standard InChI is InChI=1S/C13H26N2O2/c1-15(10-12-5-3-4-6-17-12)9-11-7-13(16-2)8-14-11/h11-14H,3-10H2,1-2H3. The summed E-state index contributed by atoms with van der Waals surface area (Å²) in [6, 6.07) is 0.577. The van der Waals surface area contributed by atoms with Crippen molar-refractivity contribution in [2.24, 2.45) is 0 Å². The molecule has 0 saturated carbocycles. The first-order valence-corrected chi connectivity index (χ1v) is 6.84. The van der Waals surface area contributed by atoms with Crippen LogP contribution in [0.2, 0.25) is 0 Å². The fourth-order valence-corrected chi connectivity index (χ4v) is 2.85. The van der Waals surface area contributed by atoms with Gasteiger partial charge in [0, 0.05) is 39.4 Å². The van der Waals surface area contributed by atoms with E-state index in [4.69, 9.17) is 9.47 Å². The minimum Gasteiger partial charge on any atom is -0.380 e. The van der Waals surface area contributed by atoms with Crippen molar-refractivity contribution in [1.29, 1.82) is 0 Å². The zero-order valence-corrected chi connectivity index (χ0v) is 11.2. The average molecular weight is 242 g/mol. The van der Waals surface area contributed by atoms with Crippen LogP contribution in [-0.4, -0.2) is 63.5 Å². The molecular weight excluding hydrogens is 216 g/mol.